The van der Waals surface area contributed by atoms with Crippen molar-refractivity contribution >= 4 is 27.7 Å². The zero-order valence-electron chi connectivity index (χ0n) is 18.4. The molecule has 2 heteroatoms. The lowest BCUT2D eigenvalue weighted by Gasteiger charge is -2.27. The standard InChI is InChI=1S/C29H28N2/c1-4-23(26-13-9-17-30-21-26)19-27(5-2)31(28-14-8-10-22(3)18-28)29-16-15-24-11-6-7-12-25(24)20-29/h5-21H,4H2,1-3H3/b23-19+,27-5+. The first-order valence-electron chi connectivity index (χ1n) is 10.8. The zero-order valence-corrected chi connectivity index (χ0v) is 18.4. The van der Waals surface area contributed by atoms with E-state index in [2.05, 4.69) is 116 Å². The molecule has 2 nitrogen and oxygen atoms in total. The van der Waals surface area contributed by atoms with E-state index < -0.39 is 0 Å². The quantitative estimate of drug-likeness (QED) is 0.302. The van der Waals surface area contributed by atoms with Gasteiger partial charge in [-0.25, -0.2) is 0 Å². The summed E-state index contributed by atoms with van der Waals surface area (Å²) in [5, 5.41) is 2.48. The normalized spacial score (nSPS) is 12.2. The summed E-state index contributed by atoms with van der Waals surface area (Å²) in [6, 6.07) is 28.0. The number of benzene rings is 3. The van der Waals surface area contributed by atoms with Crippen molar-refractivity contribution in [2.45, 2.75) is 27.2 Å². The van der Waals surface area contributed by atoms with Crippen LogP contribution in [0.25, 0.3) is 16.3 Å². The molecule has 0 radical (unpaired) electrons. The molecule has 0 aliphatic heterocycles. The third kappa shape index (κ3) is 4.59. The second-order valence-electron chi connectivity index (χ2n) is 7.68. The molecule has 4 aromatic rings. The summed E-state index contributed by atoms with van der Waals surface area (Å²) in [5.74, 6) is 0. The first kappa shape index (κ1) is 20.6. The molecule has 0 aliphatic carbocycles. The van der Waals surface area contributed by atoms with Gasteiger partial charge in [0.05, 0.1) is 0 Å². The average Bonchev–Trinajstić information content (AvgIpc) is 2.82. The summed E-state index contributed by atoms with van der Waals surface area (Å²) in [6.45, 7) is 6.44. The maximum Gasteiger partial charge on any atom is 0.0467 e. The Morgan fingerprint density at radius 3 is 2.39 bits per heavy atom. The third-order valence-electron chi connectivity index (χ3n) is 5.54. The third-order valence-corrected chi connectivity index (χ3v) is 5.54. The summed E-state index contributed by atoms with van der Waals surface area (Å²) < 4.78 is 0. The van der Waals surface area contributed by atoms with Crippen molar-refractivity contribution in [1.29, 1.82) is 0 Å². The van der Waals surface area contributed by atoms with Gasteiger partial charge in [0.25, 0.3) is 0 Å². The van der Waals surface area contributed by atoms with Gasteiger partial charge in [0.1, 0.15) is 0 Å². The van der Waals surface area contributed by atoms with Crippen molar-refractivity contribution in [3.63, 3.8) is 0 Å². The van der Waals surface area contributed by atoms with Crippen molar-refractivity contribution in [2.24, 2.45) is 0 Å². The van der Waals surface area contributed by atoms with Crippen molar-refractivity contribution in [3.05, 3.63) is 120 Å². The minimum Gasteiger partial charge on any atom is -0.311 e. The summed E-state index contributed by atoms with van der Waals surface area (Å²) in [4.78, 5) is 6.66. The Labute approximate surface area is 185 Å². The maximum absolute atomic E-state index is 4.32. The van der Waals surface area contributed by atoms with E-state index >= 15 is 0 Å². The van der Waals surface area contributed by atoms with Crippen LogP contribution in [-0.2, 0) is 0 Å². The van der Waals surface area contributed by atoms with E-state index in [9.17, 15) is 0 Å². The molecule has 0 amide bonds. The van der Waals surface area contributed by atoms with Gasteiger partial charge in [0.15, 0.2) is 0 Å². The molecule has 0 bridgehead atoms. The number of anilines is 2. The van der Waals surface area contributed by atoms with E-state index in [4.69, 9.17) is 0 Å². The molecule has 0 fully saturated rings. The maximum atomic E-state index is 4.32. The Morgan fingerprint density at radius 1 is 0.871 bits per heavy atom. The number of aryl methyl sites for hydroxylation is 1. The Hall–Kier alpha value is -3.65. The number of rotatable bonds is 6. The van der Waals surface area contributed by atoms with Gasteiger partial charge in [0.2, 0.25) is 0 Å². The molecule has 3 aromatic carbocycles. The number of hydrogen-bond donors (Lipinski definition) is 0. The predicted octanol–water partition coefficient (Wildman–Crippen LogP) is 8.08. The molecule has 0 atom stereocenters. The molecule has 4 rings (SSSR count). The predicted molar refractivity (Wildman–Crippen MR) is 134 cm³/mol. The Kier molecular flexibility index (Phi) is 6.28. The lowest BCUT2D eigenvalue weighted by atomic mass is 10.0. The number of pyridine rings is 1. The Bertz CT molecular complexity index is 1240. The fourth-order valence-corrected chi connectivity index (χ4v) is 3.93. The molecule has 0 spiro atoms. The summed E-state index contributed by atoms with van der Waals surface area (Å²) in [6.07, 6.45) is 9.16. The van der Waals surface area contributed by atoms with Crippen LogP contribution >= 0.6 is 0 Å². The van der Waals surface area contributed by atoms with Crippen LogP contribution in [0.4, 0.5) is 11.4 Å². The minimum atomic E-state index is 0.933. The van der Waals surface area contributed by atoms with E-state index in [1.165, 1.54) is 21.9 Å². The van der Waals surface area contributed by atoms with Crippen LogP contribution in [0.5, 0.6) is 0 Å². The van der Waals surface area contributed by atoms with Crippen LogP contribution in [0.2, 0.25) is 0 Å². The second kappa shape index (κ2) is 9.44. The minimum absolute atomic E-state index is 0.933. The molecular weight excluding hydrogens is 376 g/mol. The first-order chi connectivity index (χ1) is 15.2. The molecule has 0 saturated carbocycles. The van der Waals surface area contributed by atoms with Crippen LogP contribution in [0.15, 0.2) is 109 Å². The van der Waals surface area contributed by atoms with E-state index in [1.807, 2.05) is 18.5 Å². The Morgan fingerprint density at radius 2 is 1.68 bits per heavy atom. The fourth-order valence-electron chi connectivity index (χ4n) is 3.93. The van der Waals surface area contributed by atoms with Crippen molar-refractivity contribution in [3.8, 4) is 0 Å². The molecule has 0 N–H and O–H groups in total. The number of nitrogens with zero attached hydrogens (tertiary/aromatic N) is 2. The van der Waals surface area contributed by atoms with Gasteiger partial charge in [-0.15, -0.1) is 0 Å². The summed E-state index contributed by atoms with van der Waals surface area (Å²) in [7, 11) is 0. The number of hydrogen-bond acceptors (Lipinski definition) is 2. The monoisotopic (exact) mass is 404 g/mol. The zero-order chi connectivity index (χ0) is 21.6. The van der Waals surface area contributed by atoms with Crippen molar-refractivity contribution in [2.75, 3.05) is 4.90 Å². The van der Waals surface area contributed by atoms with E-state index in [0.717, 1.165) is 29.1 Å². The number of aromatic nitrogens is 1. The van der Waals surface area contributed by atoms with Gasteiger partial charge in [-0.1, -0.05) is 61.5 Å². The second-order valence-corrected chi connectivity index (χ2v) is 7.68. The average molecular weight is 405 g/mol. The Balaban J connectivity index is 1.87. The van der Waals surface area contributed by atoms with Crippen LogP contribution in [0, 0.1) is 6.92 Å². The molecule has 1 heterocycles. The summed E-state index contributed by atoms with van der Waals surface area (Å²) >= 11 is 0. The highest BCUT2D eigenvalue weighted by Crippen LogP contribution is 2.34. The van der Waals surface area contributed by atoms with Gasteiger partial charge in [-0.3, -0.25) is 4.98 Å². The molecule has 0 unspecified atom stereocenters. The van der Waals surface area contributed by atoms with Crippen LogP contribution in [-0.4, -0.2) is 4.98 Å². The van der Waals surface area contributed by atoms with Gasteiger partial charge in [-0.05, 0) is 84.1 Å². The number of allylic oxidation sites excluding steroid dienone is 3. The highest BCUT2D eigenvalue weighted by atomic mass is 15.1. The highest BCUT2D eigenvalue weighted by molar-refractivity contribution is 5.88. The van der Waals surface area contributed by atoms with Gasteiger partial charge in [-0.2, -0.15) is 0 Å². The molecule has 154 valence electrons. The highest BCUT2D eigenvalue weighted by Gasteiger charge is 2.15. The SMILES string of the molecule is C/C=C(\C=C(/CC)c1cccnc1)N(c1cccc(C)c1)c1ccc2ccccc2c1. The first-order valence-corrected chi connectivity index (χ1v) is 10.8. The van der Waals surface area contributed by atoms with Crippen molar-refractivity contribution in [1.82, 2.24) is 4.98 Å². The lowest BCUT2D eigenvalue weighted by molar-refractivity contribution is 1.17. The van der Waals surface area contributed by atoms with Crippen LogP contribution < -0.4 is 4.90 Å². The van der Waals surface area contributed by atoms with Gasteiger partial charge >= 0.3 is 0 Å². The van der Waals surface area contributed by atoms with Gasteiger partial charge in [0, 0.05) is 29.5 Å². The molecule has 31 heavy (non-hydrogen) atoms. The molecule has 0 aliphatic rings. The van der Waals surface area contributed by atoms with Crippen molar-refractivity contribution < 1.29 is 0 Å². The molecular formula is C29H28N2. The van der Waals surface area contributed by atoms with E-state index in [-0.39, 0.29) is 0 Å². The van der Waals surface area contributed by atoms with E-state index in [1.54, 1.807) is 0 Å². The topological polar surface area (TPSA) is 16.1 Å². The van der Waals surface area contributed by atoms with Crippen LogP contribution in [0.3, 0.4) is 0 Å². The fraction of sp³-hybridized carbons (Fsp3) is 0.138. The van der Waals surface area contributed by atoms with E-state index in [0.29, 0.717) is 0 Å². The largest absolute Gasteiger partial charge is 0.311 e. The molecule has 1 aromatic heterocycles. The van der Waals surface area contributed by atoms with Crippen LogP contribution in [0.1, 0.15) is 31.4 Å². The molecule has 0 saturated heterocycles. The van der Waals surface area contributed by atoms with Gasteiger partial charge < -0.3 is 4.90 Å². The number of fused-ring (bicyclic) bond motifs is 1. The lowest BCUT2D eigenvalue weighted by Crippen LogP contribution is -2.15. The summed E-state index contributed by atoms with van der Waals surface area (Å²) in [5.41, 5.74) is 7.11. The smallest absolute Gasteiger partial charge is 0.0467 e.